The molecule has 0 bridgehead atoms. The zero-order chi connectivity index (χ0) is 45.4. The minimum absolute atomic E-state index is 0.0593. The summed E-state index contributed by atoms with van der Waals surface area (Å²) in [5, 5.41) is 50.2. The molecule has 1 saturated carbocycles. The summed E-state index contributed by atoms with van der Waals surface area (Å²) in [5.74, 6) is -1.19. The maximum atomic E-state index is 12.8. The fraction of sp³-hybridized carbons (Fsp3) is 0.745. The molecule has 1 saturated heterocycles. The van der Waals surface area contributed by atoms with E-state index in [2.05, 4.69) is 62.5 Å². The molecule has 62 heavy (non-hydrogen) atoms. The third-order valence-electron chi connectivity index (χ3n) is 10.8. The van der Waals surface area contributed by atoms with Crippen LogP contribution in [-0.4, -0.2) is 111 Å². The van der Waals surface area contributed by atoms with E-state index in [1.807, 2.05) is 12.2 Å². The molecular weight excluding hydrogens is 819 g/mol. The van der Waals surface area contributed by atoms with Crippen molar-refractivity contribution >= 4 is 19.8 Å². The van der Waals surface area contributed by atoms with E-state index in [4.69, 9.17) is 23.3 Å². The first kappa shape index (κ1) is 55.6. The number of epoxide rings is 1. The summed E-state index contributed by atoms with van der Waals surface area (Å²) in [6.07, 6.45) is 28.7. The van der Waals surface area contributed by atoms with Crippen LogP contribution in [0.4, 0.5) is 0 Å². The van der Waals surface area contributed by atoms with Crippen molar-refractivity contribution in [3.05, 3.63) is 60.8 Å². The van der Waals surface area contributed by atoms with E-state index >= 15 is 0 Å². The second kappa shape index (κ2) is 33.9. The van der Waals surface area contributed by atoms with Gasteiger partial charge >= 0.3 is 19.8 Å². The molecule has 356 valence electrons. The molecule has 0 aromatic carbocycles. The normalized spacial score (nSPS) is 25.7. The van der Waals surface area contributed by atoms with Crippen LogP contribution in [-0.2, 0) is 37.4 Å². The van der Waals surface area contributed by atoms with Gasteiger partial charge in [0.1, 0.15) is 43.2 Å². The molecule has 10 atom stereocenters. The summed E-state index contributed by atoms with van der Waals surface area (Å²) < 4.78 is 39.3. The molecule has 2 fully saturated rings. The van der Waals surface area contributed by atoms with Crippen LogP contribution in [0.3, 0.4) is 0 Å². The lowest BCUT2D eigenvalue weighted by Gasteiger charge is -2.41. The van der Waals surface area contributed by atoms with Gasteiger partial charge in [0.25, 0.3) is 0 Å². The molecule has 0 radical (unpaired) electrons. The molecule has 6 N–H and O–H groups in total. The summed E-state index contributed by atoms with van der Waals surface area (Å²) in [6, 6.07) is 0. The summed E-state index contributed by atoms with van der Waals surface area (Å²) >= 11 is 0. The predicted molar refractivity (Wildman–Crippen MR) is 239 cm³/mol. The van der Waals surface area contributed by atoms with E-state index in [-0.39, 0.29) is 12.8 Å². The Morgan fingerprint density at radius 2 is 1.08 bits per heavy atom. The van der Waals surface area contributed by atoms with E-state index in [1.165, 1.54) is 38.5 Å². The molecule has 1 aliphatic carbocycles. The lowest BCUT2D eigenvalue weighted by molar-refractivity contribution is -0.220. The molecule has 0 aromatic rings. The van der Waals surface area contributed by atoms with Crippen LogP contribution in [0.25, 0.3) is 0 Å². The fourth-order valence-electron chi connectivity index (χ4n) is 6.87. The zero-order valence-electron chi connectivity index (χ0n) is 37.3. The Morgan fingerprint density at radius 3 is 1.68 bits per heavy atom. The minimum atomic E-state index is -5.14. The predicted octanol–water partition coefficient (Wildman–Crippen LogP) is 7.93. The number of hydrogen-bond acceptors (Lipinski definition) is 13. The number of rotatable bonds is 36. The van der Waals surface area contributed by atoms with Crippen LogP contribution in [0.15, 0.2) is 60.8 Å². The van der Waals surface area contributed by atoms with Crippen molar-refractivity contribution in [2.75, 3.05) is 13.2 Å². The van der Waals surface area contributed by atoms with Gasteiger partial charge in [0, 0.05) is 12.8 Å². The maximum Gasteiger partial charge on any atom is 0.472 e. The smallest absolute Gasteiger partial charge is 0.462 e. The fourth-order valence-corrected chi connectivity index (χ4v) is 7.85. The molecular formula is C47H79O14P. The number of allylic oxidation sites excluding steroid dienone is 9. The number of ether oxygens (including phenoxy) is 3. The number of esters is 2. The number of phosphoric acid groups is 1. The molecule has 14 nitrogen and oxygen atoms in total. The number of carbonyl (C=O) groups excluding carboxylic acids is 2. The highest BCUT2D eigenvalue weighted by Gasteiger charge is 2.51. The zero-order valence-corrected chi connectivity index (χ0v) is 38.2. The largest absolute Gasteiger partial charge is 0.472 e. The first-order valence-electron chi connectivity index (χ1n) is 23.2. The quantitative estimate of drug-likeness (QED) is 0.0116. The third kappa shape index (κ3) is 25.7. The van der Waals surface area contributed by atoms with Crippen molar-refractivity contribution in [2.24, 2.45) is 0 Å². The van der Waals surface area contributed by atoms with Crippen LogP contribution in [0.1, 0.15) is 155 Å². The lowest BCUT2D eigenvalue weighted by atomic mass is 9.85. The van der Waals surface area contributed by atoms with Crippen LogP contribution in [0.2, 0.25) is 0 Å². The Hall–Kier alpha value is -2.49. The number of aliphatic hydroxyl groups is 5. The van der Waals surface area contributed by atoms with Gasteiger partial charge in [-0.1, -0.05) is 126 Å². The van der Waals surface area contributed by atoms with Gasteiger partial charge in [-0.25, -0.2) is 4.57 Å². The average Bonchev–Trinajstić information content (AvgIpc) is 4.01. The van der Waals surface area contributed by atoms with Gasteiger partial charge in [-0.15, -0.1) is 0 Å². The highest BCUT2D eigenvalue weighted by atomic mass is 31.2. The summed E-state index contributed by atoms with van der Waals surface area (Å²) in [5.41, 5.74) is 0. The highest BCUT2D eigenvalue weighted by molar-refractivity contribution is 7.47. The molecule has 1 aliphatic heterocycles. The van der Waals surface area contributed by atoms with Gasteiger partial charge in [-0.2, -0.15) is 0 Å². The average molecular weight is 899 g/mol. The third-order valence-corrected chi connectivity index (χ3v) is 11.7. The summed E-state index contributed by atoms with van der Waals surface area (Å²) in [4.78, 5) is 35.7. The SMILES string of the molecule is CCCCC/C=C\C/C=C\C/C=C\C/C=C\CCCC(=O)OC[C@H](COP(=O)(O)OC1[C@H](O)[C@H](O)C(O)[C@H](O)[C@H]1O)OC(=O)CCCCCCCC1OC1C/C=C\CCCCC. The Bertz CT molecular complexity index is 1380. The number of phosphoric ester groups is 1. The highest BCUT2D eigenvalue weighted by Crippen LogP contribution is 2.47. The summed E-state index contributed by atoms with van der Waals surface area (Å²) in [6.45, 7) is 3.16. The van der Waals surface area contributed by atoms with Gasteiger partial charge < -0.3 is 44.6 Å². The van der Waals surface area contributed by atoms with Gasteiger partial charge in [-0.3, -0.25) is 18.6 Å². The monoisotopic (exact) mass is 899 g/mol. The Morgan fingerprint density at radius 1 is 0.581 bits per heavy atom. The number of hydrogen-bond donors (Lipinski definition) is 6. The number of carbonyl (C=O) groups is 2. The number of unbranched alkanes of at least 4 members (excludes halogenated alkanes) is 11. The molecule has 0 amide bonds. The van der Waals surface area contributed by atoms with Crippen LogP contribution in [0.5, 0.6) is 0 Å². The van der Waals surface area contributed by atoms with E-state index < -0.39 is 75.7 Å². The molecule has 0 aromatic heterocycles. The van der Waals surface area contributed by atoms with Crippen molar-refractivity contribution in [1.82, 2.24) is 0 Å². The van der Waals surface area contributed by atoms with Crippen LogP contribution >= 0.6 is 7.82 Å². The van der Waals surface area contributed by atoms with Gasteiger partial charge in [0.2, 0.25) is 0 Å². The van der Waals surface area contributed by atoms with Crippen molar-refractivity contribution in [1.29, 1.82) is 0 Å². The van der Waals surface area contributed by atoms with E-state index in [0.29, 0.717) is 31.5 Å². The second-order valence-corrected chi connectivity index (χ2v) is 17.7. The standard InChI is InChI=1S/C47H79O14P/c1-3-5-7-9-11-12-13-14-15-16-17-18-19-20-21-25-29-33-40(48)57-35-37(36-58-62(55,56)61-47-45(53)43(51)42(50)44(52)46(47)54)59-41(49)34-30-26-22-24-28-32-39-38(60-39)31-27-23-10-8-6-4-2/h11-12,14-15,17-18,20-21,23,27,37-39,42-47,50-54H,3-10,13,16,19,22,24-26,28-36H2,1-2H3,(H,55,56)/b12-11-,15-14-,18-17-,21-20-,27-23-/t37-,38?,39?,42?,43-,44+,45-,46-,47?/m1/s1. The molecule has 1 heterocycles. The molecule has 15 heteroatoms. The maximum absolute atomic E-state index is 12.8. The van der Waals surface area contributed by atoms with Crippen molar-refractivity contribution < 1.29 is 67.8 Å². The molecule has 2 rings (SSSR count). The molecule has 2 aliphatic rings. The Labute approximate surface area is 370 Å². The number of aliphatic hydroxyl groups excluding tert-OH is 5. The topological polar surface area (TPSA) is 222 Å². The second-order valence-electron chi connectivity index (χ2n) is 16.3. The van der Waals surface area contributed by atoms with Gasteiger partial charge in [-0.05, 0) is 77.0 Å². The van der Waals surface area contributed by atoms with Crippen molar-refractivity contribution in [3.63, 3.8) is 0 Å². The van der Waals surface area contributed by atoms with Crippen LogP contribution < -0.4 is 0 Å². The van der Waals surface area contributed by atoms with Gasteiger partial charge in [0.15, 0.2) is 6.10 Å². The van der Waals surface area contributed by atoms with Crippen molar-refractivity contribution in [2.45, 2.75) is 210 Å². The Balaban J connectivity index is 1.74. The van der Waals surface area contributed by atoms with Crippen molar-refractivity contribution in [3.8, 4) is 0 Å². The first-order chi connectivity index (χ1) is 29.9. The summed E-state index contributed by atoms with van der Waals surface area (Å²) in [7, 11) is -5.14. The molecule has 0 spiro atoms. The van der Waals surface area contributed by atoms with E-state index in [0.717, 1.165) is 70.6 Å². The van der Waals surface area contributed by atoms with E-state index in [1.54, 1.807) is 0 Å². The van der Waals surface area contributed by atoms with E-state index in [9.17, 15) is 44.6 Å². The lowest BCUT2D eigenvalue weighted by Crippen LogP contribution is -2.64. The Kier molecular flexibility index (Phi) is 30.5. The molecule has 5 unspecified atom stereocenters. The minimum Gasteiger partial charge on any atom is -0.462 e. The first-order valence-corrected chi connectivity index (χ1v) is 24.7. The van der Waals surface area contributed by atoms with Crippen LogP contribution in [0, 0.1) is 0 Å². The van der Waals surface area contributed by atoms with Gasteiger partial charge in [0.05, 0.1) is 18.8 Å².